The van der Waals surface area contributed by atoms with Crippen LogP contribution in [0.5, 0.6) is 0 Å². The average Bonchev–Trinajstić information content (AvgIpc) is 2.73. The Morgan fingerprint density at radius 2 is 2.11 bits per heavy atom. The first kappa shape index (κ1) is 11.4. The van der Waals surface area contributed by atoms with Crippen molar-refractivity contribution < 1.29 is 4.39 Å². The molecule has 94 valence electrons. The summed E-state index contributed by atoms with van der Waals surface area (Å²) in [5.74, 6) is 2.40. The van der Waals surface area contributed by atoms with Gasteiger partial charge in [0.1, 0.15) is 11.6 Å². The third-order valence-corrected chi connectivity index (χ3v) is 3.41. The monoisotopic (exact) mass is 245 g/mol. The second-order valence-corrected chi connectivity index (χ2v) is 5.07. The third-order valence-electron chi connectivity index (χ3n) is 3.41. The number of benzene rings is 1. The molecule has 0 N–H and O–H groups in total. The lowest BCUT2D eigenvalue weighted by Gasteiger charge is -2.17. The van der Waals surface area contributed by atoms with Crippen molar-refractivity contribution in [3.05, 3.63) is 47.3 Å². The molecule has 1 aromatic heterocycles. The van der Waals surface area contributed by atoms with Gasteiger partial charge in [0.2, 0.25) is 0 Å². The van der Waals surface area contributed by atoms with Crippen LogP contribution < -0.4 is 0 Å². The van der Waals surface area contributed by atoms with Gasteiger partial charge in [0.15, 0.2) is 5.82 Å². The van der Waals surface area contributed by atoms with Crippen LogP contribution in [-0.2, 0) is 19.4 Å². The minimum Gasteiger partial charge on any atom is -0.250 e. The smallest absolute Gasteiger partial charge is 0.155 e. The Bertz CT molecular complexity index is 545. The number of fused-ring (bicyclic) bond motifs is 1. The number of rotatable bonds is 2. The van der Waals surface area contributed by atoms with Gasteiger partial charge in [-0.2, -0.15) is 5.10 Å². The maximum absolute atomic E-state index is 12.8. The summed E-state index contributed by atoms with van der Waals surface area (Å²) in [5.41, 5.74) is 1.05. The minimum absolute atomic E-state index is 0.204. The quantitative estimate of drug-likeness (QED) is 0.814. The molecule has 3 rings (SSSR count). The van der Waals surface area contributed by atoms with E-state index in [1.165, 1.54) is 18.6 Å². The number of nitrogens with zero attached hydrogens (tertiary/aromatic N) is 3. The van der Waals surface area contributed by atoms with Crippen molar-refractivity contribution in [2.24, 2.45) is 5.92 Å². The molecule has 0 aliphatic carbocycles. The number of aryl methyl sites for hydroxylation is 1. The fourth-order valence-electron chi connectivity index (χ4n) is 2.38. The van der Waals surface area contributed by atoms with Gasteiger partial charge in [-0.15, -0.1) is 0 Å². The van der Waals surface area contributed by atoms with Crippen LogP contribution in [0.1, 0.15) is 30.6 Å². The molecule has 0 radical (unpaired) electrons. The van der Waals surface area contributed by atoms with E-state index in [-0.39, 0.29) is 5.82 Å². The summed E-state index contributed by atoms with van der Waals surface area (Å²) < 4.78 is 14.8. The molecule has 0 spiro atoms. The predicted octanol–water partition coefficient (Wildman–Crippen LogP) is 2.59. The van der Waals surface area contributed by atoms with Crippen LogP contribution in [0.15, 0.2) is 24.3 Å². The van der Waals surface area contributed by atoms with Crippen LogP contribution in [0.4, 0.5) is 4.39 Å². The largest absolute Gasteiger partial charge is 0.250 e. The lowest BCUT2D eigenvalue weighted by atomic mass is 10.0. The molecule has 1 atom stereocenters. The Balaban J connectivity index is 1.79. The lowest BCUT2D eigenvalue weighted by Crippen LogP contribution is -2.18. The molecule has 2 heterocycles. The van der Waals surface area contributed by atoms with Crippen molar-refractivity contribution in [3.8, 4) is 0 Å². The van der Waals surface area contributed by atoms with E-state index in [2.05, 4.69) is 17.0 Å². The van der Waals surface area contributed by atoms with Crippen molar-refractivity contribution in [1.29, 1.82) is 0 Å². The second kappa shape index (κ2) is 4.52. The molecular weight excluding hydrogens is 229 g/mol. The van der Waals surface area contributed by atoms with E-state index in [9.17, 15) is 4.39 Å². The molecular formula is C14H16FN3. The Morgan fingerprint density at radius 3 is 2.89 bits per heavy atom. The maximum atomic E-state index is 12.8. The Morgan fingerprint density at radius 1 is 1.33 bits per heavy atom. The highest BCUT2D eigenvalue weighted by Crippen LogP contribution is 2.18. The van der Waals surface area contributed by atoms with Crippen LogP contribution in [0.25, 0.3) is 0 Å². The van der Waals surface area contributed by atoms with E-state index < -0.39 is 0 Å². The van der Waals surface area contributed by atoms with E-state index in [1.807, 2.05) is 4.68 Å². The van der Waals surface area contributed by atoms with Gasteiger partial charge in [-0.05, 0) is 30.0 Å². The number of aromatic nitrogens is 3. The second-order valence-electron chi connectivity index (χ2n) is 5.07. The van der Waals surface area contributed by atoms with Gasteiger partial charge in [0.05, 0.1) is 0 Å². The van der Waals surface area contributed by atoms with Gasteiger partial charge in [-0.25, -0.2) is 14.1 Å². The summed E-state index contributed by atoms with van der Waals surface area (Å²) in [6.45, 7) is 3.20. The van der Waals surface area contributed by atoms with Gasteiger partial charge in [-0.3, -0.25) is 0 Å². The summed E-state index contributed by atoms with van der Waals surface area (Å²) in [6.07, 6.45) is 2.88. The highest BCUT2D eigenvalue weighted by atomic mass is 19.1. The van der Waals surface area contributed by atoms with E-state index in [4.69, 9.17) is 0 Å². The maximum Gasteiger partial charge on any atom is 0.155 e. The Kier molecular flexibility index (Phi) is 2.86. The van der Waals surface area contributed by atoms with Crippen LogP contribution in [0.3, 0.4) is 0 Å². The molecule has 0 saturated carbocycles. The fraction of sp³-hybridized carbons (Fsp3) is 0.429. The first-order chi connectivity index (χ1) is 8.70. The fourth-order valence-corrected chi connectivity index (χ4v) is 2.38. The zero-order chi connectivity index (χ0) is 12.5. The number of hydrogen-bond donors (Lipinski definition) is 0. The van der Waals surface area contributed by atoms with Crippen molar-refractivity contribution in [2.75, 3.05) is 0 Å². The van der Waals surface area contributed by atoms with Gasteiger partial charge >= 0.3 is 0 Å². The molecule has 0 bridgehead atoms. The highest BCUT2D eigenvalue weighted by molar-refractivity contribution is 5.19. The first-order valence-corrected chi connectivity index (χ1v) is 6.38. The molecule has 1 aliphatic rings. The molecule has 2 aromatic rings. The number of hydrogen-bond acceptors (Lipinski definition) is 2. The van der Waals surface area contributed by atoms with Crippen molar-refractivity contribution in [2.45, 2.75) is 32.7 Å². The standard InChI is InChI=1S/C14H16FN3/c1-10-2-7-14-16-13(17-18(14)9-10)8-11-3-5-12(15)6-4-11/h3-6,10H,2,7-9H2,1H3. The van der Waals surface area contributed by atoms with Crippen molar-refractivity contribution >= 4 is 0 Å². The van der Waals surface area contributed by atoms with E-state index >= 15 is 0 Å². The molecule has 1 unspecified atom stereocenters. The van der Waals surface area contributed by atoms with Gasteiger partial charge in [0, 0.05) is 19.4 Å². The molecule has 4 heteroatoms. The number of halogens is 1. The third kappa shape index (κ3) is 2.28. The van der Waals surface area contributed by atoms with Crippen LogP contribution in [0, 0.1) is 11.7 Å². The molecule has 1 aromatic carbocycles. The van der Waals surface area contributed by atoms with Crippen molar-refractivity contribution in [3.63, 3.8) is 0 Å². The molecule has 3 nitrogen and oxygen atoms in total. The molecule has 0 amide bonds. The topological polar surface area (TPSA) is 30.7 Å². The normalized spacial score (nSPS) is 18.7. The molecule has 1 aliphatic heterocycles. The average molecular weight is 245 g/mol. The predicted molar refractivity (Wildman–Crippen MR) is 66.7 cm³/mol. The summed E-state index contributed by atoms with van der Waals surface area (Å²) in [7, 11) is 0. The Labute approximate surface area is 106 Å². The van der Waals surface area contributed by atoms with E-state index in [0.717, 1.165) is 30.2 Å². The SMILES string of the molecule is CC1CCc2nc(Cc3ccc(F)cc3)nn2C1. The summed E-state index contributed by atoms with van der Waals surface area (Å²) in [6, 6.07) is 6.54. The van der Waals surface area contributed by atoms with Crippen LogP contribution >= 0.6 is 0 Å². The van der Waals surface area contributed by atoms with Crippen LogP contribution in [0.2, 0.25) is 0 Å². The lowest BCUT2D eigenvalue weighted by molar-refractivity contribution is 0.367. The Hall–Kier alpha value is -1.71. The zero-order valence-electron chi connectivity index (χ0n) is 10.4. The molecule has 0 fully saturated rings. The van der Waals surface area contributed by atoms with Crippen molar-refractivity contribution in [1.82, 2.24) is 14.8 Å². The summed E-state index contributed by atoms with van der Waals surface area (Å²) >= 11 is 0. The highest BCUT2D eigenvalue weighted by Gasteiger charge is 2.18. The summed E-state index contributed by atoms with van der Waals surface area (Å²) in [5, 5.41) is 4.53. The first-order valence-electron chi connectivity index (χ1n) is 6.38. The molecule has 0 saturated heterocycles. The van der Waals surface area contributed by atoms with Gasteiger partial charge in [-0.1, -0.05) is 19.1 Å². The van der Waals surface area contributed by atoms with Gasteiger partial charge < -0.3 is 0 Å². The van der Waals surface area contributed by atoms with Crippen LogP contribution in [-0.4, -0.2) is 14.8 Å². The molecule has 18 heavy (non-hydrogen) atoms. The van der Waals surface area contributed by atoms with E-state index in [1.54, 1.807) is 12.1 Å². The summed E-state index contributed by atoms with van der Waals surface area (Å²) in [4.78, 5) is 4.56. The zero-order valence-corrected chi connectivity index (χ0v) is 10.4. The minimum atomic E-state index is -0.204. The van der Waals surface area contributed by atoms with E-state index in [0.29, 0.717) is 12.3 Å². The van der Waals surface area contributed by atoms with Gasteiger partial charge in [0.25, 0.3) is 0 Å².